The number of aromatic nitrogens is 4. The van der Waals surface area contributed by atoms with Gasteiger partial charge in [0.05, 0.1) is 17.7 Å². The maximum atomic E-state index is 13.2. The maximum Gasteiger partial charge on any atom is 0.274 e. The summed E-state index contributed by atoms with van der Waals surface area (Å²) < 4.78 is 16.5. The molecule has 33 heavy (non-hydrogen) atoms. The van der Waals surface area contributed by atoms with Crippen LogP contribution in [0.15, 0.2) is 30.6 Å². The molecule has 10 heteroatoms. The molecule has 5 rings (SSSR count). The number of aryl methyl sites for hydroxylation is 2. The van der Waals surface area contributed by atoms with Gasteiger partial charge in [-0.1, -0.05) is 11.6 Å². The van der Waals surface area contributed by atoms with Crippen molar-refractivity contribution in [2.24, 2.45) is 25.9 Å². The molecule has 2 unspecified atom stereocenters. The fourth-order valence-electron chi connectivity index (χ4n) is 5.85. The van der Waals surface area contributed by atoms with Crippen LogP contribution in [-0.2, 0) is 19.7 Å². The van der Waals surface area contributed by atoms with Crippen molar-refractivity contribution in [2.45, 2.75) is 37.2 Å². The molecule has 2 aromatic heterocycles. The second kappa shape index (κ2) is 7.85. The fourth-order valence-corrected chi connectivity index (χ4v) is 6.19. The number of nitrogens with zero attached hydrogens (tertiary/aromatic N) is 4. The van der Waals surface area contributed by atoms with Gasteiger partial charge in [0.15, 0.2) is 5.82 Å². The highest BCUT2D eigenvalue weighted by molar-refractivity contribution is 6.33. The zero-order valence-electron chi connectivity index (χ0n) is 18.4. The number of hydrogen-bond acceptors (Lipinski definition) is 5. The van der Waals surface area contributed by atoms with Gasteiger partial charge in [0.2, 0.25) is 0 Å². The average Bonchev–Trinajstić information content (AvgIpc) is 3.45. The number of aliphatic hydroxyl groups is 1. The number of amides is 1. The number of nitrogens with one attached hydrogen (secondary N) is 1. The van der Waals surface area contributed by atoms with Crippen LogP contribution >= 0.6 is 11.6 Å². The number of anilines is 2. The number of halogens is 2. The molecule has 2 atom stereocenters. The first kappa shape index (κ1) is 21.9. The van der Waals surface area contributed by atoms with Gasteiger partial charge in [-0.15, -0.1) is 0 Å². The summed E-state index contributed by atoms with van der Waals surface area (Å²) in [5, 5.41) is 18.7. The molecule has 1 amide bonds. The molecule has 4 N–H and O–H groups in total. The first-order chi connectivity index (χ1) is 15.7. The van der Waals surface area contributed by atoms with Crippen LogP contribution in [0.3, 0.4) is 0 Å². The molecular formula is C23H26ClFN6O2. The SMILES string of the molecule is Cn1cnc(C2CC3CC(O)(c4c(Cl)c(N)nn4C)CC3C2)c1C(=O)Nc1ccc(F)cc1. The van der Waals surface area contributed by atoms with E-state index < -0.39 is 5.60 Å². The van der Waals surface area contributed by atoms with Crippen LogP contribution in [0.25, 0.3) is 0 Å². The van der Waals surface area contributed by atoms with Gasteiger partial charge in [0, 0.05) is 25.7 Å². The summed E-state index contributed by atoms with van der Waals surface area (Å²) >= 11 is 6.35. The topological polar surface area (TPSA) is 111 Å². The summed E-state index contributed by atoms with van der Waals surface area (Å²) in [6, 6.07) is 5.67. The van der Waals surface area contributed by atoms with Crippen molar-refractivity contribution in [3.05, 3.63) is 58.5 Å². The molecule has 0 radical (unpaired) electrons. The predicted molar refractivity (Wildman–Crippen MR) is 122 cm³/mol. The Kier molecular flexibility index (Phi) is 5.21. The lowest BCUT2D eigenvalue weighted by Crippen LogP contribution is -2.27. The van der Waals surface area contributed by atoms with E-state index in [2.05, 4.69) is 15.4 Å². The van der Waals surface area contributed by atoms with Gasteiger partial charge < -0.3 is 20.7 Å². The number of benzene rings is 1. The third kappa shape index (κ3) is 3.69. The van der Waals surface area contributed by atoms with Gasteiger partial charge in [-0.3, -0.25) is 9.48 Å². The van der Waals surface area contributed by atoms with E-state index in [1.54, 1.807) is 29.7 Å². The second-order valence-electron chi connectivity index (χ2n) is 9.35. The summed E-state index contributed by atoms with van der Waals surface area (Å²) in [7, 11) is 3.53. The van der Waals surface area contributed by atoms with Crippen molar-refractivity contribution in [2.75, 3.05) is 11.1 Å². The number of imidazole rings is 1. The van der Waals surface area contributed by atoms with E-state index in [1.165, 1.54) is 24.3 Å². The second-order valence-corrected chi connectivity index (χ2v) is 9.73. The van der Waals surface area contributed by atoms with Crippen molar-refractivity contribution in [3.8, 4) is 0 Å². The van der Waals surface area contributed by atoms with E-state index in [4.69, 9.17) is 17.3 Å². The Morgan fingerprint density at radius 3 is 2.45 bits per heavy atom. The molecule has 2 saturated carbocycles. The van der Waals surface area contributed by atoms with Crippen molar-refractivity contribution < 1.29 is 14.3 Å². The van der Waals surface area contributed by atoms with Gasteiger partial charge in [0.25, 0.3) is 5.91 Å². The summed E-state index contributed by atoms with van der Waals surface area (Å²) in [5.74, 6) is 0.267. The van der Waals surface area contributed by atoms with Crippen molar-refractivity contribution in [1.82, 2.24) is 19.3 Å². The normalized spacial score (nSPS) is 26.5. The van der Waals surface area contributed by atoms with E-state index in [-0.39, 0.29) is 35.3 Å². The zero-order chi connectivity index (χ0) is 23.5. The molecule has 2 fully saturated rings. The van der Waals surface area contributed by atoms with Crippen LogP contribution in [0.5, 0.6) is 0 Å². The highest BCUT2D eigenvalue weighted by atomic mass is 35.5. The van der Waals surface area contributed by atoms with Gasteiger partial charge in [-0.2, -0.15) is 5.10 Å². The van der Waals surface area contributed by atoms with E-state index in [1.807, 2.05) is 0 Å². The predicted octanol–water partition coefficient (Wildman–Crippen LogP) is 3.57. The summed E-state index contributed by atoms with van der Waals surface area (Å²) in [5.41, 5.74) is 7.14. The minimum atomic E-state index is -1.07. The number of carbonyl (C=O) groups excluding carboxylic acids is 1. The summed E-state index contributed by atoms with van der Waals surface area (Å²) in [6.45, 7) is 0. The molecule has 8 nitrogen and oxygen atoms in total. The molecule has 1 aromatic carbocycles. The summed E-state index contributed by atoms with van der Waals surface area (Å²) in [4.78, 5) is 17.6. The van der Waals surface area contributed by atoms with Crippen LogP contribution in [0.2, 0.25) is 5.02 Å². The molecule has 0 aliphatic heterocycles. The first-order valence-electron chi connectivity index (χ1n) is 10.9. The molecule has 0 saturated heterocycles. The third-order valence-corrected chi connectivity index (χ3v) is 7.54. The molecule has 3 aromatic rings. The van der Waals surface area contributed by atoms with Gasteiger partial charge >= 0.3 is 0 Å². The number of carbonyl (C=O) groups is 1. The number of nitrogen functional groups attached to an aromatic ring is 1. The van der Waals surface area contributed by atoms with Crippen molar-refractivity contribution in [1.29, 1.82) is 0 Å². The monoisotopic (exact) mass is 472 g/mol. The Balaban J connectivity index is 1.34. The van der Waals surface area contributed by atoms with Crippen molar-refractivity contribution in [3.63, 3.8) is 0 Å². The summed E-state index contributed by atoms with van der Waals surface area (Å²) in [6.07, 6.45) is 4.43. The minimum Gasteiger partial charge on any atom is -0.383 e. The molecule has 2 heterocycles. The van der Waals surface area contributed by atoms with Crippen LogP contribution in [0.4, 0.5) is 15.9 Å². The Hall–Kier alpha value is -2.91. The Labute approximate surface area is 195 Å². The lowest BCUT2D eigenvalue weighted by Gasteiger charge is -2.25. The molecule has 0 bridgehead atoms. The van der Waals surface area contributed by atoms with Gasteiger partial charge in [-0.25, -0.2) is 9.37 Å². The Bertz CT molecular complexity index is 1210. The Morgan fingerprint density at radius 2 is 1.88 bits per heavy atom. The standard InChI is InChI=1S/C23H26ClFN6O2/c1-30-11-27-18(19(30)22(32)28-16-5-3-15(25)4-6-16)12-7-13-9-23(33,10-14(13)8-12)20-17(24)21(26)29-31(20)2/h3-6,11-14,33H,7-10H2,1-2H3,(H2,26,29)(H,28,32). The fraction of sp³-hybridized carbons (Fsp3) is 0.435. The van der Waals surface area contributed by atoms with Gasteiger partial charge in [-0.05, 0) is 61.8 Å². The number of fused-ring (bicyclic) bond motifs is 1. The van der Waals surface area contributed by atoms with Crippen molar-refractivity contribution >= 4 is 29.0 Å². The molecule has 0 spiro atoms. The molecule has 2 aliphatic rings. The zero-order valence-corrected chi connectivity index (χ0v) is 19.2. The third-order valence-electron chi connectivity index (χ3n) is 7.17. The van der Waals surface area contributed by atoms with Crippen LogP contribution in [-0.4, -0.2) is 30.3 Å². The van der Waals surface area contributed by atoms with Crippen LogP contribution < -0.4 is 11.1 Å². The molecule has 2 aliphatic carbocycles. The highest BCUT2D eigenvalue weighted by Crippen LogP contribution is 2.57. The number of hydrogen-bond donors (Lipinski definition) is 3. The van der Waals surface area contributed by atoms with E-state index in [0.717, 1.165) is 18.5 Å². The quantitative estimate of drug-likeness (QED) is 0.537. The average molecular weight is 473 g/mol. The lowest BCUT2D eigenvalue weighted by molar-refractivity contribution is 0.0264. The van der Waals surface area contributed by atoms with Gasteiger partial charge in [0.1, 0.15) is 22.1 Å². The molecule has 174 valence electrons. The first-order valence-corrected chi connectivity index (χ1v) is 11.3. The van der Waals surface area contributed by atoms with E-state index in [9.17, 15) is 14.3 Å². The lowest BCUT2D eigenvalue weighted by atomic mass is 9.90. The van der Waals surface area contributed by atoms with E-state index >= 15 is 0 Å². The van der Waals surface area contributed by atoms with Crippen LogP contribution in [0, 0.1) is 17.7 Å². The highest BCUT2D eigenvalue weighted by Gasteiger charge is 2.52. The largest absolute Gasteiger partial charge is 0.383 e. The van der Waals surface area contributed by atoms with E-state index in [0.29, 0.717) is 34.9 Å². The van der Waals surface area contributed by atoms with Crippen LogP contribution in [0.1, 0.15) is 53.5 Å². The minimum absolute atomic E-state index is 0.117. The molecular weight excluding hydrogens is 447 g/mol. The number of nitrogens with two attached hydrogens (primary N) is 1. The Morgan fingerprint density at radius 1 is 1.24 bits per heavy atom. The smallest absolute Gasteiger partial charge is 0.274 e. The number of rotatable bonds is 4. The maximum absolute atomic E-state index is 13.2.